The van der Waals surface area contributed by atoms with E-state index in [2.05, 4.69) is 11.4 Å². The van der Waals surface area contributed by atoms with Gasteiger partial charge < -0.3 is 4.90 Å². The minimum atomic E-state index is -0.562. The number of halogens is 1. The molecule has 1 unspecified atom stereocenters. The van der Waals surface area contributed by atoms with Crippen LogP contribution in [0.5, 0.6) is 0 Å². The quantitative estimate of drug-likeness (QED) is 0.286. The Hall–Kier alpha value is -1.89. The van der Waals surface area contributed by atoms with Gasteiger partial charge in [0, 0.05) is 23.4 Å². The van der Waals surface area contributed by atoms with Crippen LogP contribution in [0.1, 0.15) is 86.6 Å². The van der Waals surface area contributed by atoms with Gasteiger partial charge in [0.1, 0.15) is 12.2 Å². The first-order chi connectivity index (χ1) is 15.5. The third-order valence-electron chi connectivity index (χ3n) is 6.98. The summed E-state index contributed by atoms with van der Waals surface area (Å²) in [5, 5.41) is 2.36. The van der Waals surface area contributed by atoms with Crippen molar-refractivity contribution in [1.29, 1.82) is 0 Å². The second-order valence-corrected chi connectivity index (χ2v) is 10.5. The molecule has 1 aliphatic carbocycles. The molecule has 3 amide bonds. The lowest BCUT2D eigenvalue weighted by atomic mass is 9.80. The Bertz CT molecular complexity index is 856. The summed E-state index contributed by atoms with van der Waals surface area (Å²) in [6.07, 6.45) is 10.3. The fraction of sp³-hybridized carbons (Fsp3) is 0.640. The molecular formula is C25H33FN2O3S. The van der Waals surface area contributed by atoms with Gasteiger partial charge in [0.15, 0.2) is 0 Å². The van der Waals surface area contributed by atoms with Crippen molar-refractivity contribution in [1.82, 2.24) is 10.2 Å². The number of unbranched alkanes of at least 4 members (excludes halogenated alkanes) is 5. The number of nitrogens with zero attached hydrogens (tertiary/aromatic N) is 1. The van der Waals surface area contributed by atoms with E-state index in [1.54, 1.807) is 16.7 Å². The van der Waals surface area contributed by atoms with Crippen molar-refractivity contribution in [2.24, 2.45) is 5.92 Å². The van der Waals surface area contributed by atoms with Gasteiger partial charge in [-0.25, -0.2) is 4.39 Å². The SMILES string of the molecule is O=C1CCC(N2Cc3c(SCCCCCCCCC4CC(F)C4)cccc3C2=O)C(=O)N1. The van der Waals surface area contributed by atoms with Gasteiger partial charge in [0.2, 0.25) is 11.8 Å². The molecule has 2 heterocycles. The molecule has 32 heavy (non-hydrogen) atoms. The third-order valence-corrected chi connectivity index (χ3v) is 8.17. The number of carbonyl (C=O) groups is 3. The molecule has 5 nitrogen and oxygen atoms in total. The molecule has 1 N–H and O–H groups in total. The van der Waals surface area contributed by atoms with Gasteiger partial charge in [-0.1, -0.05) is 44.6 Å². The number of fused-ring (bicyclic) bond motifs is 1. The lowest BCUT2D eigenvalue weighted by Crippen LogP contribution is -2.52. The largest absolute Gasteiger partial charge is 0.322 e. The van der Waals surface area contributed by atoms with E-state index >= 15 is 0 Å². The van der Waals surface area contributed by atoms with Gasteiger partial charge >= 0.3 is 0 Å². The van der Waals surface area contributed by atoms with E-state index in [4.69, 9.17) is 0 Å². The number of nitrogens with one attached hydrogen (secondary N) is 1. The third kappa shape index (κ3) is 5.53. The minimum Gasteiger partial charge on any atom is -0.322 e. The molecule has 1 saturated heterocycles. The lowest BCUT2D eigenvalue weighted by molar-refractivity contribution is -0.136. The maximum absolute atomic E-state index is 12.9. The molecule has 4 rings (SSSR count). The molecule has 174 valence electrons. The number of hydrogen-bond donors (Lipinski definition) is 1. The van der Waals surface area contributed by atoms with Gasteiger partial charge in [0.05, 0.1) is 0 Å². The highest BCUT2D eigenvalue weighted by Gasteiger charge is 2.39. The first-order valence-corrected chi connectivity index (χ1v) is 13.0. The fourth-order valence-corrected chi connectivity index (χ4v) is 6.10. The van der Waals surface area contributed by atoms with E-state index < -0.39 is 12.2 Å². The second kappa shape index (κ2) is 10.8. The Morgan fingerprint density at radius 1 is 1.03 bits per heavy atom. The standard InChI is InChI=1S/C25H33FN2O3S/c26-18-14-17(15-18)8-5-3-1-2-4-6-13-32-22-10-7-9-19-20(22)16-28(25(19)31)21-11-12-23(29)27-24(21)30/h7,9-10,17-18,21H,1-6,8,11-16H2,(H,27,29,30). The Kier molecular flexibility index (Phi) is 7.87. The Balaban J connectivity index is 1.17. The first kappa shape index (κ1) is 23.3. The molecule has 1 atom stereocenters. The lowest BCUT2D eigenvalue weighted by Gasteiger charge is -2.29. The van der Waals surface area contributed by atoms with Gasteiger partial charge in [-0.2, -0.15) is 0 Å². The molecule has 7 heteroatoms. The molecule has 1 saturated carbocycles. The van der Waals surface area contributed by atoms with Gasteiger partial charge in [-0.3, -0.25) is 19.7 Å². The highest BCUT2D eigenvalue weighted by atomic mass is 32.2. The van der Waals surface area contributed by atoms with Crippen molar-refractivity contribution in [2.45, 2.75) is 94.3 Å². The van der Waals surface area contributed by atoms with Crippen LogP contribution in [0, 0.1) is 5.92 Å². The highest BCUT2D eigenvalue weighted by molar-refractivity contribution is 7.99. The van der Waals surface area contributed by atoms with Crippen LogP contribution in [0.4, 0.5) is 4.39 Å². The minimum absolute atomic E-state index is 0.110. The van der Waals surface area contributed by atoms with Crippen LogP contribution >= 0.6 is 11.8 Å². The van der Waals surface area contributed by atoms with Crippen molar-refractivity contribution in [3.8, 4) is 0 Å². The zero-order valence-corrected chi connectivity index (χ0v) is 19.4. The molecule has 2 aliphatic heterocycles. The molecule has 0 bridgehead atoms. The van der Waals surface area contributed by atoms with Crippen LogP contribution in [0.2, 0.25) is 0 Å². The van der Waals surface area contributed by atoms with E-state index in [1.165, 1.54) is 38.5 Å². The maximum Gasteiger partial charge on any atom is 0.255 e. The number of carbonyl (C=O) groups excluding carboxylic acids is 3. The van der Waals surface area contributed by atoms with Crippen molar-refractivity contribution in [3.05, 3.63) is 29.3 Å². The summed E-state index contributed by atoms with van der Waals surface area (Å²) < 4.78 is 12.8. The molecule has 2 fully saturated rings. The zero-order valence-electron chi connectivity index (χ0n) is 18.6. The summed E-state index contributed by atoms with van der Waals surface area (Å²) >= 11 is 1.79. The van der Waals surface area contributed by atoms with Crippen molar-refractivity contribution in [3.63, 3.8) is 0 Å². The smallest absolute Gasteiger partial charge is 0.255 e. The summed E-state index contributed by atoms with van der Waals surface area (Å²) in [7, 11) is 0. The van der Waals surface area contributed by atoms with Gasteiger partial charge in [0.25, 0.3) is 5.91 Å². The summed E-state index contributed by atoms with van der Waals surface area (Å²) in [4.78, 5) is 39.3. The van der Waals surface area contributed by atoms with E-state index in [1.807, 2.05) is 12.1 Å². The zero-order chi connectivity index (χ0) is 22.5. The van der Waals surface area contributed by atoms with Crippen molar-refractivity contribution < 1.29 is 18.8 Å². The Labute approximate surface area is 193 Å². The molecule has 1 aromatic carbocycles. The predicted molar refractivity (Wildman–Crippen MR) is 123 cm³/mol. The predicted octanol–water partition coefficient (Wildman–Crippen LogP) is 5.02. The number of hydrogen-bond acceptors (Lipinski definition) is 4. The first-order valence-electron chi connectivity index (χ1n) is 12.1. The van der Waals surface area contributed by atoms with Crippen LogP contribution < -0.4 is 5.32 Å². The average molecular weight is 461 g/mol. The van der Waals surface area contributed by atoms with Crippen molar-refractivity contribution >= 4 is 29.5 Å². The number of alkyl halides is 1. The highest BCUT2D eigenvalue weighted by Crippen LogP contribution is 2.35. The van der Waals surface area contributed by atoms with E-state index in [-0.39, 0.29) is 24.1 Å². The monoisotopic (exact) mass is 460 g/mol. The molecule has 0 radical (unpaired) electrons. The number of rotatable bonds is 11. The Morgan fingerprint density at radius 3 is 2.53 bits per heavy atom. The number of thioether (sulfide) groups is 1. The van der Waals surface area contributed by atoms with Crippen LogP contribution in [0.3, 0.4) is 0 Å². The summed E-state index contributed by atoms with van der Waals surface area (Å²) in [5.41, 5.74) is 1.70. The summed E-state index contributed by atoms with van der Waals surface area (Å²) in [6, 6.07) is 5.26. The molecule has 3 aliphatic rings. The number of benzene rings is 1. The average Bonchev–Trinajstić information content (AvgIpc) is 3.08. The second-order valence-electron chi connectivity index (χ2n) is 9.38. The number of piperidine rings is 1. The molecule has 0 aromatic heterocycles. The number of amides is 3. The van der Waals surface area contributed by atoms with Crippen LogP contribution in [-0.2, 0) is 16.1 Å². The van der Waals surface area contributed by atoms with Crippen LogP contribution in [-0.4, -0.2) is 40.6 Å². The van der Waals surface area contributed by atoms with Crippen LogP contribution in [0.25, 0.3) is 0 Å². The van der Waals surface area contributed by atoms with E-state index in [9.17, 15) is 18.8 Å². The summed E-state index contributed by atoms with van der Waals surface area (Å²) in [5.74, 6) is 0.923. The number of imide groups is 1. The Morgan fingerprint density at radius 2 is 1.78 bits per heavy atom. The normalized spacial score (nSPS) is 25.0. The maximum atomic E-state index is 12.9. The summed E-state index contributed by atoms with van der Waals surface area (Å²) in [6.45, 7) is 0.438. The van der Waals surface area contributed by atoms with Gasteiger partial charge in [-0.15, -0.1) is 11.8 Å². The van der Waals surface area contributed by atoms with Crippen molar-refractivity contribution in [2.75, 3.05) is 5.75 Å². The fourth-order valence-electron chi connectivity index (χ4n) is 5.01. The van der Waals surface area contributed by atoms with Gasteiger partial charge in [-0.05, 0) is 55.1 Å². The van der Waals surface area contributed by atoms with Crippen LogP contribution in [0.15, 0.2) is 23.1 Å². The topological polar surface area (TPSA) is 66.5 Å². The van der Waals surface area contributed by atoms with E-state index in [0.717, 1.165) is 35.5 Å². The molecule has 1 aromatic rings. The molecular weight excluding hydrogens is 427 g/mol. The van der Waals surface area contributed by atoms with E-state index in [0.29, 0.717) is 24.4 Å². The molecule has 0 spiro atoms.